The second-order valence-electron chi connectivity index (χ2n) is 9.01. The van der Waals surface area contributed by atoms with Crippen molar-refractivity contribution >= 4 is 35.2 Å². The third-order valence-electron chi connectivity index (χ3n) is 6.50. The minimum Gasteiger partial charge on any atom is -0.384 e. The van der Waals surface area contributed by atoms with Gasteiger partial charge in [0.1, 0.15) is 11.6 Å². The minimum absolute atomic E-state index is 0.169. The van der Waals surface area contributed by atoms with Gasteiger partial charge in [-0.05, 0) is 95.5 Å². The second kappa shape index (κ2) is 9.55. The molecule has 0 radical (unpaired) electrons. The molecule has 0 amide bonds. The van der Waals surface area contributed by atoms with Crippen LogP contribution in [0.1, 0.15) is 46.5 Å². The van der Waals surface area contributed by atoms with Crippen LogP contribution in [0.3, 0.4) is 0 Å². The molecular weight excluding hydrogens is 494 g/mol. The number of rotatable bonds is 4. The van der Waals surface area contributed by atoms with Gasteiger partial charge in [0.25, 0.3) is 0 Å². The number of aromatic nitrogens is 4. The van der Waals surface area contributed by atoms with Crippen molar-refractivity contribution in [3.05, 3.63) is 94.1 Å². The molecule has 0 saturated carbocycles. The number of aromatic amines is 2. The van der Waals surface area contributed by atoms with Crippen LogP contribution in [0.15, 0.2) is 48.8 Å². The predicted molar refractivity (Wildman–Crippen MR) is 134 cm³/mol. The zero-order valence-electron chi connectivity index (χ0n) is 19.9. The number of hydrogen-bond acceptors (Lipinski definition) is 6. The van der Waals surface area contributed by atoms with E-state index in [0.29, 0.717) is 11.4 Å². The van der Waals surface area contributed by atoms with Gasteiger partial charge in [-0.1, -0.05) is 12.1 Å². The molecule has 0 bridgehead atoms. The first-order valence-electron chi connectivity index (χ1n) is 11.9. The molecule has 0 spiro atoms. The molecule has 10 heteroatoms. The first-order chi connectivity index (χ1) is 18.4. The zero-order chi connectivity index (χ0) is 26.2. The van der Waals surface area contributed by atoms with Gasteiger partial charge in [0.15, 0.2) is 0 Å². The van der Waals surface area contributed by atoms with Gasteiger partial charge in [-0.15, -0.1) is 0 Å². The number of esters is 2. The fourth-order valence-corrected chi connectivity index (χ4v) is 4.79. The highest BCUT2D eigenvalue weighted by atomic mass is 19.1. The average Bonchev–Trinajstić information content (AvgIpc) is 3.68. The number of fused-ring (bicyclic) bond motifs is 2. The molecule has 0 unspecified atom stereocenters. The molecule has 0 saturated heterocycles. The fraction of sp³-hybridized carbons (Fsp3) is 0.143. The van der Waals surface area contributed by atoms with Crippen LogP contribution in [0.4, 0.5) is 8.78 Å². The Morgan fingerprint density at radius 2 is 1.16 bits per heavy atom. The number of ether oxygens (including phenoxy) is 2. The summed E-state index contributed by atoms with van der Waals surface area (Å²) in [5.74, 6) is -3.09. The third-order valence-corrected chi connectivity index (χ3v) is 6.50. The van der Waals surface area contributed by atoms with E-state index < -0.39 is 11.9 Å². The maximum absolute atomic E-state index is 13.4. The minimum atomic E-state index is -1.27. The van der Waals surface area contributed by atoms with Crippen LogP contribution in [0.2, 0.25) is 0 Å². The molecule has 0 atom stereocenters. The summed E-state index contributed by atoms with van der Waals surface area (Å²) in [4.78, 5) is 38.0. The lowest BCUT2D eigenvalue weighted by molar-refractivity contribution is -0.156. The molecular formula is C28H20F2N4O4. The molecule has 0 fully saturated rings. The van der Waals surface area contributed by atoms with Crippen LogP contribution in [0.5, 0.6) is 12.0 Å². The standard InChI is InChI=1S/C28H20F2N4O4/c29-19-5-7-23-15(9-19)1-3-17(23)11-21-13-31-27(33-21)37-25(35)26(36)38-28-32-14-22(34-28)12-18-4-2-16-10-20(30)6-8-24(16)18/h5-14H,1-4H2,(H,31,33)(H,32,34). The van der Waals surface area contributed by atoms with Gasteiger partial charge >= 0.3 is 24.0 Å². The first-order valence-corrected chi connectivity index (χ1v) is 11.9. The van der Waals surface area contributed by atoms with Gasteiger partial charge in [-0.3, -0.25) is 0 Å². The quantitative estimate of drug-likeness (QED) is 0.296. The highest BCUT2D eigenvalue weighted by molar-refractivity contribution is 6.30. The zero-order valence-corrected chi connectivity index (χ0v) is 19.9. The smallest absolute Gasteiger partial charge is 0.384 e. The van der Waals surface area contributed by atoms with E-state index in [1.54, 1.807) is 12.1 Å². The van der Waals surface area contributed by atoms with E-state index in [2.05, 4.69) is 19.9 Å². The number of halogens is 2. The maximum Gasteiger partial charge on any atom is 0.425 e. The molecule has 0 aliphatic heterocycles. The van der Waals surface area contributed by atoms with Crippen LogP contribution in [0.25, 0.3) is 23.3 Å². The average molecular weight is 514 g/mol. The SMILES string of the molecule is O=C(Oc1ncc(C=C2CCc3cc(F)ccc32)[nH]1)C(=O)Oc1ncc(C=C2CCc3cc(F)ccc32)[nH]1. The van der Waals surface area contributed by atoms with Crippen LogP contribution in [-0.4, -0.2) is 31.9 Å². The Labute approximate surface area is 215 Å². The summed E-state index contributed by atoms with van der Waals surface area (Å²) >= 11 is 0. The Morgan fingerprint density at radius 3 is 1.61 bits per heavy atom. The fourth-order valence-electron chi connectivity index (χ4n) is 4.79. The molecule has 2 N–H and O–H groups in total. The summed E-state index contributed by atoms with van der Waals surface area (Å²) in [7, 11) is 0. The van der Waals surface area contributed by atoms with Crippen molar-refractivity contribution in [1.82, 2.24) is 19.9 Å². The molecule has 2 aromatic carbocycles. The number of aryl methyl sites for hydroxylation is 2. The van der Waals surface area contributed by atoms with Crippen molar-refractivity contribution in [1.29, 1.82) is 0 Å². The Bertz CT molecular complexity index is 1530. The molecule has 6 rings (SSSR count). The van der Waals surface area contributed by atoms with Gasteiger partial charge in [-0.2, -0.15) is 0 Å². The van der Waals surface area contributed by atoms with E-state index in [-0.39, 0.29) is 23.7 Å². The van der Waals surface area contributed by atoms with Crippen molar-refractivity contribution in [3.8, 4) is 12.0 Å². The molecule has 4 aromatic rings. The molecule has 8 nitrogen and oxygen atoms in total. The number of nitrogens with one attached hydrogen (secondary N) is 2. The molecule has 2 aliphatic rings. The number of hydrogen-bond donors (Lipinski definition) is 2. The topological polar surface area (TPSA) is 110 Å². The lowest BCUT2D eigenvalue weighted by atomic mass is 10.1. The normalized spacial score (nSPS) is 16.1. The van der Waals surface area contributed by atoms with Crippen molar-refractivity contribution in [2.45, 2.75) is 25.7 Å². The highest BCUT2D eigenvalue weighted by Crippen LogP contribution is 2.35. The van der Waals surface area contributed by atoms with Crippen molar-refractivity contribution in [2.24, 2.45) is 0 Å². The van der Waals surface area contributed by atoms with Crippen LogP contribution < -0.4 is 9.47 Å². The summed E-state index contributed by atoms with van der Waals surface area (Å²) in [6.45, 7) is 0. The molecule has 190 valence electrons. The Morgan fingerprint density at radius 1 is 0.711 bits per heavy atom. The van der Waals surface area contributed by atoms with Crippen LogP contribution in [-0.2, 0) is 22.4 Å². The number of H-pyrrole nitrogens is 2. The van der Waals surface area contributed by atoms with Gasteiger partial charge in [0.05, 0.1) is 23.8 Å². The molecule has 2 heterocycles. The van der Waals surface area contributed by atoms with Crippen molar-refractivity contribution in [2.75, 3.05) is 0 Å². The number of allylic oxidation sites excluding steroid dienone is 2. The Hall–Kier alpha value is -4.86. The number of imidazole rings is 2. The van der Waals surface area contributed by atoms with Crippen LogP contribution in [0, 0.1) is 11.6 Å². The maximum atomic E-state index is 13.4. The van der Waals surface area contributed by atoms with E-state index >= 15 is 0 Å². The predicted octanol–water partition coefficient (Wildman–Crippen LogP) is 4.90. The van der Waals surface area contributed by atoms with E-state index in [1.165, 1.54) is 36.7 Å². The molecule has 2 aliphatic carbocycles. The number of carbonyl (C=O) groups is 2. The van der Waals surface area contributed by atoms with Gasteiger partial charge < -0.3 is 19.4 Å². The second-order valence-corrected chi connectivity index (χ2v) is 9.01. The Balaban J connectivity index is 1.08. The molecule has 2 aromatic heterocycles. The van der Waals surface area contributed by atoms with Gasteiger partial charge in [-0.25, -0.2) is 28.3 Å². The van der Waals surface area contributed by atoms with Crippen molar-refractivity contribution < 1.29 is 27.8 Å². The monoisotopic (exact) mass is 514 g/mol. The van der Waals surface area contributed by atoms with E-state index in [4.69, 9.17) is 9.47 Å². The van der Waals surface area contributed by atoms with E-state index in [1.807, 2.05) is 12.2 Å². The van der Waals surface area contributed by atoms with Gasteiger partial charge in [0.2, 0.25) is 0 Å². The third kappa shape index (κ3) is 4.75. The van der Waals surface area contributed by atoms with Crippen molar-refractivity contribution in [3.63, 3.8) is 0 Å². The van der Waals surface area contributed by atoms with Crippen LogP contribution >= 0.6 is 0 Å². The summed E-state index contributed by atoms with van der Waals surface area (Å²) in [6, 6.07) is 9.02. The lowest BCUT2D eigenvalue weighted by Gasteiger charge is -2.01. The lowest BCUT2D eigenvalue weighted by Crippen LogP contribution is -2.26. The largest absolute Gasteiger partial charge is 0.425 e. The number of carbonyl (C=O) groups excluding carboxylic acids is 2. The summed E-state index contributed by atoms with van der Waals surface area (Å²) in [6.07, 6.45) is 9.56. The highest BCUT2D eigenvalue weighted by Gasteiger charge is 2.23. The summed E-state index contributed by atoms with van der Waals surface area (Å²) in [5, 5.41) is 0. The molecule has 38 heavy (non-hydrogen) atoms. The first kappa shape index (κ1) is 23.5. The van der Waals surface area contributed by atoms with E-state index in [0.717, 1.165) is 59.1 Å². The number of benzene rings is 2. The summed E-state index contributed by atoms with van der Waals surface area (Å²) < 4.78 is 36.9. The van der Waals surface area contributed by atoms with Gasteiger partial charge in [0, 0.05) is 0 Å². The summed E-state index contributed by atoms with van der Waals surface area (Å²) in [5.41, 5.74) is 6.92. The number of nitrogens with zero attached hydrogens (tertiary/aromatic N) is 2. The Kier molecular flexibility index (Phi) is 5.91. The van der Waals surface area contributed by atoms with E-state index in [9.17, 15) is 18.4 Å².